The van der Waals surface area contributed by atoms with E-state index < -0.39 is 33.5 Å². The molecule has 10 heteroatoms. The number of aryl methyl sites for hydroxylation is 1. The van der Waals surface area contributed by atoms with E-state index in [4.69, 9.17) is 5.14 Å². The zero-order valence-corrected chi connectivity index (χ0v) is 16.6. The van der Waals surface area contributed by atoms with Gasteiger partial charge in [0.25, 0.3) is 5.91 Å². The van der Waals surface area contributed by atoms with Crippen molar-refractivity contribution < 1.29 is 22.8 Å². The van der Waals surface area contributed by atoms with Gasteiger partial charge in [-0.05, 0) is 43.9 Å². The highest BCUT2D eigenvalue weighted by molar-refractivity contribution is 7.89. The van der Waals surface area contributed by atoms with Gasteiger partial charge in [0.15, 0.2) is 0 Å². The molecule has 4 N–H and O–H groups in total. The van der Waals surface area contributed by atoms with Gasteiger partial charge in [-0.25, -0.2) is 23.3 Å². The smallest absolute Gasteiger partial charge is 0.324 e. The molecule has 2 aliphatic rings. The number of hydrogen-bond donors (Lipinski definition) is 3. The molecule has 2 fully saturated rings. The SMILES string of the molecule is CCc1ccc(NC(=O)C(C)N2C(=O)NC3(CCCC3)C2=O)cc1S(N)(=O)=O. The molecule has 1 aliphatic heterocycles. The van der Waals surface area contributed by atoms with Gasteiger partial charge in [0.2, 0.25) is 15.9 Å². The number of benzene rings is 1. The van der Waals surface area contributed by atoms with Crippen molar-refractivity contribution in [3.05, 3.63) is 23.8 Å². The molecule has 28 heavy (non-hydrogen) atoms. The second-order valence-electron chi connectivity index (χ2n) is 7.28. The van der Waals surface area contributed by atoms with Crippen LogP contribution in [-0.4, -0.2) is 42.7 Å². The molecule has 0 bridgehead atoms. The number of nitrogens with zero attached hydrogens (tertiary/aromatic N) is 1. The minimum absolute atomic E-state index is 0.0691. The molecule has 1 aromatic rings. The lowest BCUT2D eigenvalue weighted by Gasteiger charge is -2.23. The maximum absolute atomic E-state index is 12.8. The van der Waals surface area contributed by atoms with Gasteiger partial charge >= 0.3 is 6.03 Å². The Morgan fingerprint density at radius 2 is 1.96 bits per heavy atom. The lowest BCUT2D eigenvalue weighted by atomic mass is 9.97. The zero-order chi connectivity index (χ0) is 20.7. The first-order chi connectivity index (χ1) is 13.1. The summed E-state index contributed by atoms with van der Waals surface area (Å²) in [6, 6.07) is 2.78. The number of anilines is 1. The summed E-state index contributed by atoms with van der Waals surface area (Å²) in [5, 5.41) is 10.6. The minimum Gasteiger partial charge on any atom is -0.324 e. The quantitative estimate of drug-likeness (QED) is 0.626. The maximum Gasteiger partial charge on any atom is 0.325 e. The van der Waals surface area contributed by atoms with Gasteiger partial charge in [-0.1, -0.05) is 25.8 Å². The van der Waals surface area contributed by atoms with Crippen molar-refractivity contribution in [3.8, 4) is 0 Å². The number of urea groups is 1. The van der Waals surface area contributed by atoms with Crippen LogP contribution in [0.2, 0.25) is 0 Å². The molecular weight excluding hydrogens is 384 g/mol. The van der Waals surface area contributed by atoms with Gasteiger partial charge in [0, 0.05) is 5.69 Å². The summed E-state index contributed by atoms with van der Waals surface area (Å²) in [6.45, 7) is 3.25. The van der Waals surface area contributed by atoms with Crippen LogP contribution >= 0.6 is 0 Å². The number of carbonyl (C=O) groups excluding carboxylic acids is 3. The molecule has 3 rings (SSSR count). The van der Waals surface area contributed by atoms with E-state index in [-0.39, 0.29) is 16.5 Å². The van der Waals surface area contributed by atoms with Gasteiger partial charge in [-0.3, -0.25) is 9.59 Å². The molecule has 9 nitrogen and oxygen atoms in total. The molecule has 1 spiro atoms. The molecule has 0 aromatic heterocycles. The zero-order valence-electron chi connectivity index (χ0n) is 15.8. The van der Waals surface area contributed by atoms with Gasteiger partial charge in [0.1, 0.15) is 11.6 Å². The van der Waals surface area contributed by atoms with Crippen molar-refractivity contribution in [2.45, 2.75) is 62.4 Å². The molecular formula is C18H24N4O5S. The average molecular weight is 408 g/mol. The normalized spacial score (nSPS) is 19.8. The number of primary sulfonamides is 1. The minimum atomic E-state index is -3.95. The van der Waals surface area contributed by atoms with Crippen molar-refractivity contribution in [2.24, 2.45) is 5.14 Å². The number of sulfonamides is 1. The van der Waals surface area contributed by atoms with Crippen LogP contribution in [0.1, 0.15) is 45.1 Å². The molecule has 0 radical (unpaired) electrons. The highest BCUT2D eigenvalue weighted by Crippen LogP contribution is 2.35. The van der Waals surface area contributed by atoms with Crippen LogP contribution in [0.25, 0.3) is 0 Å². The van der Waals surface area contributed by atoms with E-state index in [1.807, 2.05) is 0 Å². The predicted molar refractivity (Wildman–Crippen MR) is 102 cm³/mol. The maximum atomic E-state index is 12.8. The van der Waals surface area contributed by atoms with E-state index in [1.165, 1.54) is 13.0 Å². The number of rotatable bonds is 5. The van der Waals surface area contributed by atoms with Crippen LogP contribution in [-0.2, 0) is 26.0 Å². The van der Waals surface area contributed by atoms with E-state index in [9.17, 15) is 22.8 Å². The summed E-state index contributed by atoms with van der Waals surface area (Å²) < 4.78 is 23.6. The van der Waals surface area contributed by atoms with Crippen LogP contribution in [0.3, 0.4) is 0 Å². The second kappa shape index (κ2) is 7.17. The van der Waals surface area contributed by atoms with Crippen molar-refractivity contribution >= 4 is 33.6 Å². The standard InChI is InChI=1S/C18H24N4O5S/c1-3-12-6-7-13(10-14(12)28(19,26)27)20-15(23)11(2)22-16(24)18(21-17(22)25)8-4-5-9-18/h6-7,10-11H,3-5,8-9H2,1-2H3,(H,20,23)(H,21,25)(H2,19,26,27). The molecule has 1 saturated carbocycles. The van der Waals surface area contributed by atoms with Gasteiger partial charge in [-0.2, -0.15) is 0 Å². The highest BCUT2D eigenvalue weighted by atomic mass is 32.2. The molecule has 1 unspecified atom stereocenters. The summed E-state index contributed by atoms with van der Waals surface area (Å²) in [4.78, 5) is 38.6. The van der Waals surface area contributed by atoms with Crippen LogP contribution in [0.15, 0.2) is 23.1 Å². The van der Waals surface area contributed by atoms with Gasteiger partial charge in [0.05, 0.1) is 4.90 Å². The van der Waals surface area contributed by atoms with E-state index in [1.54, 1.807) is 19.1 Å². The van der Waals surface area contributed by atoms with Gasteiger partial charge < -0.3 is 10.6 Å². The number of hydrogen-bond acceptors (Lipinski definition) is 5. The van der Waals surface area contributed by atoms with Crippen LogP contribution < -0.4 is 15.8 Å². The number of amides is 4. The number of nitrogens with two attached hydrogens (primary N) is 1. The molecule has 1 aliphatic carbocycles. The molecule has 1 heterocycles. The number of nitrogens with one attached hydrogen (secondary N) is 2. The second-order valence-corrected chi connectivity index (χ2v) is 8.81. The summed E-state index contributed by atoms with van der Waals surface area (Å²) in [6.07, 6.45) is 3.29. The average Bonchev–Trinajstić information content (AvgIpc) is 3.19. The Morgan fingerprint density at radius 1 is 1.32 bits per heavy atom. The fraction of sp³-hybridized carbons (Fsp3) is 0.500. The molecule has 4 amide bonds. The van der Waals surface area contributed by atoms with E-state index >= 15 is 0 Å². The third-order valence-electron chi connectivity index (χ3n) is 5.44. The third kappa shape index (κ3) is 3.49. The monoisotopic (exact) mass is 408 g/mol. The van der Waals surface area contributed by atoms with Crippen molar-refractivity contribution in [1.82, 2.24) is 10.2 Å². The van der Waals surface area contributed by atoms with Crippen molar-refractivity contribution in [2.75, 3.05) is 5.32 Å². The number of imide groups is 1. The first-order valence-corrected chi connectivity index (χ1v) is 10.8. The number of carbonyl (C=O) groups is 3. The lowest BCUT2D eigenvalue weighted by molar-refractivity contribution is -0.136. The van der Waals surface area contributed by atoms with E-state index in [0.29, 0.717) is 24.8 Å². The largest absolute Gasteiger partial charge is 0.325 e. The first kappa shape index (κ1) is 20.3. The predicted octanol–water partition coefficient (Wildman–Crippen LogP) is 1.09. The molecule has 1 saturated heterocycles. The Bertz CT molecular complexity index is 937. The van der Waals surface area contributed by atoms with Crippen molar-refractivity contribution in [1.29, 1.82) is 0 Å². The van der Waals surface area contributed by atoms with Gasteiger partial charge in [-0.15, -0.1) is 0 Å². The Hall–Kier alpha value is -2.46. The highest BCUT2D eigenvalue weighted by Gasteiger charge is 2.54. The Kier molecular flexibility index (Phi) is 5.20. The molecule has 1 atom stereocenters. The lowest BCUT2D eigenvalue weighted by Crippen LogP contribution is -2.48. The fourth-order valence-electron chi connectivity index (χ4n) is 3.86. The van der Waals surface area contributed by atoms with E-state index in [0.717, 1.165) is 17.7 Å². The summed E-state index contributed by atoms with van der Waals surface area (Å²) in [5.74, 6) is -0.979. The van der Waals surface area contributed by atoms with Crippen LogP contribution in [0, 0.1) is 0 Å². The summed E-state index contributed by atoms with van der Waals surface area (Å²) in [7, 11) is -3.95. The van der Waals surface area contributed by atoms with Crippen molar-refractivity contribution in [3.63, 3.8) is 0 Å². The fourth-order valence-corrected chi connectivity index (χ4v) is 4.73. The first-order valence-electron chi connectivity index (χ1n) is 9.21. The molecule has 1 aromatic carbocycles. The topological polar surface area (TPSA) is 139 Å². The summed E-state index contributed by atoms with van der Waals surface area (Å²) >= 11 is 0. The van der Waals surface area contributed by atoms with Crippen LogP contribution in [0.4, 0.5) is 10.5 Å². The summed E-state index contributed by atoms with van der Waals surface area (Å²) in [5.41, 5.74) is -0.138. The Morgan fingerprint density at radius 3 is 2.54 bits per heavy atom. The van der Waals surface area contributed by atoms with Crippen LogP contribution in [0.5, 0.6) is 0 Å². The molecule has 152 valence electrons. The van der Waals surface area contributed by atoms with E-state index in [2.05, 4.69) is 10.6 Å². The third-order valence-corrected chi connectivity index (χ3v) is 6.43. The Balaban J connectivity index is 1.80. The Labute approximate surface area is 163 Å².